The lowest BCUT2D eigenvalue weighted by Crippen LogP contribution is -1.96. The molecule has 0 saturated heterocycles. The molecule has 0 bridgehead atoms. The molecular formula is C15H13ClN2O2. The Labute approximate surface area is 122 Å². The lowest BCUT2D eigenvalue weighted by atomic mass is 10.2. The molecule has 0 radical (unpaired) electrons. The average molecular weight is 289 g/mol. The number of hydrogen-bond donors (Lipinski definition) is 1. The molecule has 0 saturated carbocycles. The Balaban J connectivity index is 2.32. The Kier molecular flexibility index (Phi) is 4.34. The number of anilines is 2. The van der Waals surface area contributed by atoms with E-state index in [0.717, 1.165) is 5.69 Å². The first-order valence-electron chi connectivity index (χ1n) is 5.86. The highest BCUT2D eigenvalue weighted by Gasteiger charge is 2.08. The van der Waals surface area contributed by atoms with Gasteiger partial charge >= 0.3 is 0 Å². The van der Waals surface area contributed by atoms with Crippen molar-refractivity contribution >= 4 is 23.0 Å². The van der Waals surface area contributed by atoms with Gasteiger partial charge in [-0.25, -0.2) is 0 Å². The largest absolute Gasteiger partial charge is 0.497 e. The molecule has 0 fully saturated rings. The number of nitriles is 1. The van der Waals surface area contributed by atoms with E-state index >= 15 is 0 Å². The molecule has 2 rings (SSSR count). The minimum absolute atomic E-state index is 0.474. The number of ether oxygens (including phenoxy) is 2. The van der Waals surface area contributed by atoms with Crippen molar-refractivity contribution in [1.29, 1.82) is 5.26 Å². The van der Waals surface area contributed by atoms with Crippen LogP contribution in [0.3, 0.4) is 0 Å². The summed E-state index contributed by atoms with van der Waals surface area (Å²) in [4.78, 5) is 0. The van der Waals surface area contributed by atoms with Crippen LogP contribution in [-0.4, -0.2) is 14.2 Å². The fourth-order valence-corrected chi connectivity index (χ4v) is 1.96. The third kappa shape index (κ3) is 2.95. The summed E-state index contributed by atoms with van der Waals surface area (Å²) >= 11 is 6.13. The number of benzene rings is 2. The quantitative estimate of drug-likeness (QED) is 0.925. The van der Waals surface area contributed by atoms with Crippen LogP contribution in [0.4, 0.5) is 11.4 Å². The summed E-state index contributed by atoms with van der Waals surface area (Å²) in [5, 5.41) is 12.5. The van der Waals surface area contributed by atoms with Gasteiger partial charge < -0.3 is 14.8 Å². The van der Waals surface area contributed by atoms with Crippen LogP contribution in [-0.2, 0) is 0 Å². The summed E-state index contributed by atoms with van der Waals surface area (Å²) in [7, 11) is 3.18. The Hall–Kier alpha value is -2.38. The lowest BCUT2D eigenvalue weighted by molar-refractivity contribution is 0.395. The molecule has 0 atom stereocenters. The van der Waals surface area contributed by atoms with Crippen LogP contribution in [0.15, 0.2) is 36.4 Å². The second-order valence-corrected chi connectivity index (χ2v) is 4.40. The Bertz CT molecular complexity index is 665. The Morgan fingerprint density at radius 2 is 1.80 bits per heavy atom. The Morgan fingerprint density at radius 1 is 1.05 bits per heavy atom. The molecule has 0 spiro atoms. The van der Waals surface area contributed by atoms with Crippen LogP contribution >= 0.6 is 11.6 Å². The molecule has 0 unspecified atom stereocenters. The van der Waals surface area contributed by atoms with Gasteiger partial charge in [0.15, 0.2) is 0 Å². The predicted molar refractivity (Wildman–Crippen MR) is 79.0 cm³/mol. The third-order valence-electron chi connectivity index (χ3n) is 2.78. The highest BCUT2D eigenvalue weighted by atomic mass is 35.5. The predicted octanol–water partition coefficient (Wildman–Crippen LogP) is 3.97. The maximum absolute atomic E-state index is 8.82. The third-order valence-corrected chi connectivity index (χ3v) is 3.09. The standard InChI is InChI=1S/C15H13ClN2O2/c1-19-11-4-6-14(15(8-11)20-2)18-13-5-3-10(9-17)7-12(13)16/h3-8,18H,1-2H3. The van der Waals surface area contributed by atoms with Crippen LogP contribution in [0.2, 0.25) is 5.02 Å². The SMILES string of the molecule is COc1ccc(Nc2ccc(C#N)cc2Cl)c(OC)c1. The van der Waals surface area contributed by atoms with E-state index in [1.807, 2.05) is 18.2 Å². The van der Waals surface area contributed by atoms with E-state index in [9.17, 15) is 0 Å². The normalized spacial score (nSPS) is 9.70. The van der Waals surface area contributed by atoms with Crippen molar-refractivity contribution in [3.63, 3.8) is 0 Å². The van der Waals surface area contributed by atoms with Crippen LogP contribution < -0.4 is 14.8 Å². The molecule has 1 N–H and O–H groups in total. The van der Waals surface area contributed by atoms with Crippen molar-refractivity contribution in [3.05, 3.63) is 47.0 Å². The van der Waals surface area contributed by atoms with Crippen molar-refractivity contribution in [2.24, 2.45) is 0 Å². The zero-order chi connectivity index (χ0) is 14.5. The van der Waals surface area contributed by atoms with Gasteiger partial charge in [0.1, 0.15) is 11.5 Å². The number of hydrogen-bond acceptors (Lipinski definition) is 4. The monoisotopic (exact) mass is 288 g/mol. The average Bonchev–Trinajstić information content (AvgIpc) is 2.49. The van der Waals surface area contributed by atoms with E-state index in [0.29, 0.717) is 27.8 Å². The molecule has 2 aromatic rings. The first kappa shape index (κ1) is 14.0. The highest BCUT2D eigenvalue weighted by molar-refractivity contribution is 6.33. The number of methoxy groups -OCH3 is 2. The number of nitrogens with one attached hydrogen (secondary N) is 1. The molecule has 2 aromatic carbocycles. The second kappa shape index (κ2) is 6.18. The topological polar surface area (TPSA) is 54.3 Å². The van der Waals surface area contributed by atoms with Gasteiger partial charge in [-0.15, -0.1) is 0 Å². The summed E-state index contributed by atoms with van der Waals surface area (Å²) in [6.45, 7) is 0. The van der Waals surface area contributed by atoms with Gasteiger partial charge in [-0.3, -0.25) is 0 Å². The highest BCUT2D eigenvalue weighted by Crippen LogP contribution is 2.33. The fraction of sp³-hybridized carbons (Fsp3) is 0.133. The summed E-state index contributed by atoms with van der Waals surface area (Å²) in [5.74, 6) is 1.35. The van der Waals surface area contributed by atoms with Crippen LogP contribution in [0.5, 0.6) is 11.5 Å². The maximum Gasteiger partial charge on any atom is 0.145 e. The molecular weight excluding hydrogens is 276 g/mol. The molecule has 0 aromatic heterocycles. The maximum atomic E-state index is 8.82. The summed E-state index contributed by atoms with van der Waals surface area (Å²) in [6.07, 6.45) is 0. The minimum atomic E-state index is 0.474. The second-order valence-electron chi connectivity index (χ2n) is 4.00. The zero-order valence-electron chi connectivity index (χ0n) is 11.1. The van der Waals surface area contributed by atoms with Gasteiger partial charge in [0.05, 0.1) is 42.2 Å². The van der Waals surface area contributed by atoms with Crippen LogP contribution in [0.25, 0.3) is 0 Å². The van der Waals surface area contributed by atoms with Gasteiger partial charge in [0.25, 0.3) is 0 Å². The van der Waals surface area contributed by atoms with Crippen molar-refractivity contribution in [3.8, 4) is 17.6 Å². The van der Waals surface area contributed by atoms with E-state index in [2.05, 4.69) is 5.32 Å². The van der Waals surface area contributed by atoms with Gasteiger partial charge in [-0.05, 0) is 30.3 Å². The van der Waals surface area contributed by atoms with Gasteiger partial charge in [0, 0.05) is 6.07 Å². The minimum Gasteiger partial charge on any atom is -0.497 e. The molecule has 0 amide bonds. The van der Waals surface area contributed by atoms with Crippen molar-refractivity contribution in [2.75, 3.05) is 19.5 Å². The smallest absolute Gasteiger partial charge is 0.145 e. The summed E-state index contributed by atoms with van der Waals surface area (Å²) in [5.41, 5.74) is 1.98. The van der Waals surface area contributed by atoms with Gasteiger partial charge in [-0.2, -0.15) is 5.26 Å². The first-order valence-corrected chi connectivity index (χ1v) is 6.24. The van der Waals surface area contributed by atoms with Crippen molar-refractivity contribution in [2.45, 2.75) is 0 Å². The number of nitrogens with zero attached hydrogens (tertiary/aromatic N) is 1. The van der Waals surface area contributed by atoms with Gasteiger partial charge in [-0.1, -0.05) is 11.6 Å². The van der Waals surface area contributed by atoms with Crippen LogP contribution in [0, 0.1) is 11.3 Å². The van der Waals surface area contributed by atoms with E-state index in [-0.39, 0.29) is 0 Å². The van der Waals surface area contributed by atoms with E-state index in [1.54, 1.807) is 38.5 Å². The number of rotatable bonds is 4. The molecule has 4 nitrogen and oxygen atoms in total. The van der Waals surface area contributed by atoms with Crippen molar-refractivity contribution < 1.29 is 9.47 Å². The molecule has 102 valence electrons. The molecule has 0 aliphatic heterocycles. The lowest BCUT2D eigenvalue weighted by Gasteiger charge is -2.13. The molecule has 20 heavy (non-hydrogen) atoms. The van der Waals surface area contributed by atoms with E-state index < -0.39 is 0 Å². The fourth-order valence-electron chi connectivity index (χ4n) is 1.73. The van der Waals surface area contributed by atoms with Crippen LogP contribution in [0.1, 0.15) is 5.56 Å². The zero-order valence-corrected chi connectivity index (χ0v) is 11.9. The van der Waals surface area contributed by atoms with Gasteiger partial charge in [0.2, 0.25) is 0 Å². The summed E-state index contributed by atoms with van der Waals surface area (Å²) < 4.78 is 10.5. The Morgan fingerprint density at radius 3 is 2.40 bits per heavy atom. The molecule has 0 heterocycles. The number of halogens is 1. The van der Waals surface area contributed by atoms with Crippen molar-refractivity contribution in [1.82, 2.24) is 0 Å². The van der Waals surface area contributed by atoms with E-state index in [4.69, 9.17) is 26.3 Å². The summed E-state index contributed by atoms with van der Waals surface area (Å²) in [6, 6.07) is 12.5. The first-order chi connectivity index (χ1) is 9.67. The molecule has 5 heteroatoms. The molecule has 0 aliphatic carbocycles. The van der Waals surface area contributed by atoms with E-state index in [1.165, 1.54) is 0 Å². The molecule has 0 aliphatic rings.